The molecule has 0 saturated carbocycles. The summed E-state index contributed by atoms with van der Waals surface area (Å²) in [5.74, 6) is 0.972. The molecule has 0 aliphatic heterocycles. The van der Waals surface area contributed by atoms with Gasteiger partial charge in [-0.1, -0.05) is 31.2 Å². The van der Waals surface area contributed by atoms with Crippen molar-refractivity contribution >= 4 is 11.8 Å². The smallest absolute Gasteiger partial charge is 0.261 e. The van der Waals surface area contributed by atoms with E-state index >= 15 is 0 Å². The zero-order valence-electron chi connectivity index (χ0n) is 18.5. The molecule has 162 valence electrons. The number of benzene rings is 2. The van der Waals surface area contributed by atoms with Gasteiger partial charge in [-0.05, 0) is 62.6 Å². The molecule has 0 spiro atoms. The number of rotatable bonds is 10. The number of nitrogens with zero attached hydrogens (tertiary/aromatic N) is 1. The summed E-state index contributed by atoms with van der Waals surface area (Å²) in [6.07, 6.45) is 0.505. The topological polar surface area (TPSA) is 67.9 Å². The summed E-state index contributed by atoms with van der Waals surface area (Å²) in [7, 11) is 1.61. The van der Waals surface area contributed by atoms with Crippen molar-refractivity contribution < 1.29 is 19.1 Å². The second kappa shape index (κ2) is 11.2. The van der Waals surface area contributed by atoms with Gasteiger partial charge in [0.15, 0.2) is 6.61 Å². The van der Waals surface area contributed by atoms with E-state index in [-0.39, 0.29) is 24.5 Å². The normalized spacial score (nSPS) is 11.7. The highest BCUT2D eigenvalue weighted by Gasteiger charge is 2.29. The van der Waals surface area contributed by atoms with E-state index in [2.05, 4.69) is 5.32 Å². The Morgan fingerprint density at radius 1 is 1.07 bits per heavy atom. The van der Waals surface area contributed by atoms with Crippen LogP contribution in [0.3, 0.4) is 0 Å². The fourth-order valence-corrected chi connectivity index (χ4v) is 3.16. The standard InChI is InChI=1S/C24H32N2O4/c1-6-22(24(28)25-17(2)3)26(15-19-10-12-20(29-5)13-11-19)23(27)16-30-21-9-7-8-18(4)14-21/h7-14,17,22H,6,15-16H2,1-5H3,(H,25,28). The Labute approximate surface area is 179 Å². The Hall–Kier alpha value is -3.02. The van der Waals surface area contributed by atoms with Gasteiger partial charge in [0.2, 0.25) is 5.91 Å². The molecule has 1 N–H and O–H groups in total. The SMILES string of the molecule is CCC(C(=O)NC(C)C)N(Cc1ccc(OC)cc1)C(=O)COc1cccc(C)c1. The van der Waals surface area contributed by atoms with Gasteiger partial charge in [-0.15, -0.1) is 0 Å². The quantitative estimate of drug-likeness (QED) is 0.646. The molecule has 0 saturated heterocycles. The molecular weight excluding hydrogens is 380 g/mol. The summed E-state index contributed by atoms with van der Waals surface area (Å²) >= 11 is 0. The van der Waals surface area contributed by atoms with Crippen LogP contribution in [-0.4, -0.2) is 42.5 Å². The molecule has 2 rings (SSSR count). The summed E-state index contributed by atoms with van der Waals surface area (Å²) < 4.78 is 10.9. The van der Waals surface area contributed by atoms with Crippen LogP contribution in [0.15, 0.2) is 48.5 Å². The molecule has 1 atom stereocenters. The first kappa shape index (κ1) is 23.3. The van der Waals surface area contributed by atoms with Gasteiger partial charge in [-0.2, -0.15) is 0 Å². The Bertz CT molecular complexity index is 833. The van der Waals surface area contributed by atoms with E-state index in [1.54, 1.807) is 12.0 Å². The highest BCUT2D eigenvalue weighted by atomic mass is 16.5. The van der Waals surface area contributed by atoms with E-state index < -0.39 is 6.04 Å². The summed E-state index contributed by atoms with van der Waals surface area (Å²) in [4.78, 5) is 27.5. The Kier molecular flexibility index (Phi) is 8.71. The number of hydrogen-bond acceptors (Lipinski definition) is 4. The lowest BCUT2D eigenvalue weighted by atomic mass is 10.1. The number of nitrogens with one attached hydrogen (secondary N) is 1. The third-order valence-electron chi connectivity index (χ3n) is 4.68. The lowest BCUT2D eigenvalue weighted by molar-refractivity contribution is -0.143. The first-order chi connectivity index (χ1) is 14.3. The minimum Gasteiger partial charge on any atom is -0.497 e. The molecule has 2 aromatic rings. The first-order valence-corrected chi connectivity index (χ1v) is 10.3. The molecule has 0 bridgehead atoms. The highest BCUT2D eigenvalue weighted by Crippen LogP contribution is 2.17. The minimum atomic E-state index is -0.580. The molecule has 0 fully saturated rings. The van der Waals surface area contributed by atoms with Crippen LogP contribution >= 0.6 is 0 Å². The van der Waals surface area contributed by atoms with Crippen LogP contribution in [0.4, 0.5) is 0 Å². The fourth-order valence-electron chi connectivity index (χ4n) is 3.16. The summed E-state index contributed by atoms with van der Waals surface area (Å²) in [5, 5.41) is 2.92. The number of aryl methyl sites for hydroxylation is 1. The molecule has 0 aliphatic carbocycles. The maximum absolute atomic E-state index is 13.1. The molecule has 0 aliphatic rings. The zero-order valence-corrected chi connectivity index (χ0v) is 18.5. The average Bonchev–Trinajstić information content (AvgIpc) is 2.72. The molecule has 0 aromatic heterocycles. The molecule has 0 radical (unpaired) electrons. The fraction of sp³-hybridized carbons (Fsp3) is 0.417. The van der Waals surface area contributed by atoms with Crippen LogP contribution in [0.2, 0.25) is 0 Å². The molecule has 0 heterocycles. The van der Waals surface area contributed by atoms with Gasteiger partial charge >= 0.3 is 0 Å². The third-order valence-corrected chi connectivity index (χ3v) is 4.68. The lowest BCUT2D eigenvalue weighted by Crippen LogP contribution is -2.51. The van der Waals surface area contributed by atoms with Crippen molar-refractivity contribution in [2.24, 2.45) is 0 Å². The Morgan fingerprint density at radius 2 is 1.77 bits per heavy atom. The maximum Gasteiger partial charge on any atom is 0.261 e. The number of amides is 2. The van der Waals surface area contributed by atoms with E-state index in [1.165, 1.54) is 0 Å². The van der Waals surface area contributed by atoms with Crippen LogP contribution in [0.5, 0.6) is 11.5 Å². The van der Waals surface area contributed by atoms with E-state index in [1.807, 2.05) is 76.2 Å². The Balaban J connectivity index is 2.20. The molecule has 6 nitrogen and oxygen atoms in total. The monoisotopic (exact) mass is 412 g/mol. The van der Waals surface area contributed by atoms with E-state index in [0.29, 0.717) is 18.7 Å². The third kappa shape index (κ3) is 6.79. The molecule has 2 amide bonds. The van der Waals surface area contributed by atoms with Crippen LogP contribution in [-0.2, 0) is 16.1 Å². The van der Waals surface area contributed by atoms with Crippen molar-refractivity contribution in [1.82, 2.24) is 10.2 Å². The second-order valence-electron chi connectivity index (χ2n) is 7.56. The minimum absolute atomic E-state index is 0.00645. The van der Waals surface area contributed by atoms with Crippen molar-refractivity contribution in [2.75, 3.05) is 13.7 Å². The molecule has 30 heavy (non-hydrogen) atoms. The largest absolute Gasteiger partial charge is 0.497 e. The van der Waals surface area contributed by atoms with Gasteiger partial charge < -0.3 is 19.7 Å². The van der Waals surface area contributed by atoms with Crippen molar-refractivity contribution in [3.63, 3.8) is 0 Å². The predicted molar refractivity (Wildman–Crippen MR) is 118 cm³/mol. The van der Waals surface area contributed by atoms with Crippen molar-refractivity contribution in [1.29, 1.82) is 0 Å². The van der Waals surface area contributed by atoms with E-state index in [9.17, 15) is 9.59 Å². The Morgan fingerprint density at radius 3 is 2.33 bits per heavy atom. The molecule has 6 heteroatoms. The highest BCUT2D eigenvalue weighted by molar-refractivity contribution is 5.88. The summed E-state index contributed by atoms with van der Waals surface area (Å²) in [5.41, 5.74) is 1.97. The second-order valence-corrected chi connectivity index (χ2v) is 7.56. The number of carbonyl (C=O) groups is 2. The average molecular weight is 413 g/mol. The van der Waals surface area contributed by atoms with Crippen LogP contribution in [0, 0.1) is 6.92 Å². The van der Waals surface area contributed by atoms with Gasteiger partial charge in [0.05, 0.1) is 7.11 Å². The first-order valence-electron chi connectivity index (χ1n) is 10.3. The number of methoxy groups -OCH3 is 1. The number of ether oxygens (including phenoxy) is 2. The van der Waals surface area contributed by atoms with Crippen molar-refractivity contribution in [3.05, 3.63) is 59.7 Å². The molecular formula is C24H32N2O4. The summed E-state index contributed by atoms with van der Waals surface area (Å²) in [6.45, 7) is 7.85. The van der Waals surface area contributed by atoms with Gasteiger partial charge in [0, 0.05) is 12.6 Å². The van der Waals surface area contributed by atoms with Gasteiger partial charge in [0.25, 0.3) is 5.91 Å². The van der Waals surface area contributed by atoms with Gasteiger partial charge in [0.1, 0.15) is 17.5 Å². The van der Waals surface area contributed by atoms with E-state index in [4.69, 9.17) is 9.47 Å². The lowest BCUT2D eigenvalue weighted by Gasteiger charge is -2.31. The number of carbonyl (C=O) groups excluding carboxylic acids is 2. The van der Waals surface area contributed by atoms with Gasteiger partial charge in [-0.3, -0.25) is 9.59 Å². The van der Waals surface area contributed by atoms with Crippen LogP contribution in [0.25, 0.3) is 0 Å². The van der Waals surface area contributed by atoms with Crippen molar-refractivity contribution in [3.8, 4) is 11.5 Å². The predicted octanol–water partition coefficient (Wildman–Crippen LogP) is 3.71. The zero-order chi connectivity index (χ0) is 22.1. The van der Waals surface area contributed by atoms with Gasteiger partial charge in [-0.25, -0.2) is 0 Å². The summed E-state index contributed by atoms with van der Waals surface area (Å²) in [6, 6.07) is 14.4. The van der Waals surface area contributed by atoms with E-state index in [0.717, 1.165) is 16.9 Å². The van der Waals surface area contributed by atoms with Crippen LogP contribution in [0.1, 0.15) is 38.3 Å². The maximum atomic E-state index is 13.1. The molecule has 2 aromatic carbocycles. The number of hydrogen-bond donors (Lipinski definition) is 1. The van der Waals surface area contributed by atoms with Crippen LogP contribution < -0.4 is 14.8 Å². The van der Waals surface area contributed by atoms with Crippen molar-refractivity contribution in [2.45, 2.75) is 52.7 Å². The molecule has 1 unspecified atom stereocenters.